The number of carbonyl (C=O) groups excluding carboxylic acids is 6. The van der Waals surface area contributed by atoms with Gasteiger partial charge in [-0.15, -0.1) is 56.7 Å². The first-order valence-corrected chi connectivity index (χ1v) is 35.6. The molecule has 0 radical (unpaired) electrons. The molecule has 0 unspecified atom stereocenters. The van der Waals surface area contributed by atoms with Crippen LogP contribution in [0.3, 0.4) is 0 Å². The number of fused-ring (bicyclic) bond motifs is 15. The molecule has 100 heavy (non-hydrogen) atoms. The van der Waals surface area contributed by atoms with Crippen LogP contribution in [0.2, 0.25) is 0 Å². The van der Waals surface area contributed by atoms with Crippen molar-refractivity contribution in [3.63, 3.8) is 0 Å². The van der Waals surface area contributed by atoms with E-state index in [0.29, 0.717) is 16.0 Å². The number of aromatic nitrogens is 7. The maximum atomic E-state index is 15.2. The van der Waals surface area contributed by atoms with E-state index < -0.39 is 140 Å². The van der Waals surface area contributed by atoms with Crippen molar-refractivity contribution in [2.24, 2.45) is 0 Å². The Morgan fingerprint density at radius 1 is 0.830 bits per heavy atom. The summed E-state index contributed by atoms with van der Waals surface area (Å²) in [5, 5.41) is 98.6. The maximum Gasteiger partial charge on any atom is 0.358 e. The molecule has 4 aliphatic heterocycles. The summed E-state index contributed by atoms with van der Waals surface area (Å²) in [5.74, 6) is -6.15. The van der Waals surface area contributed by atoms with Crippen LogP contribution in [-0.4, -0.2) is 213 Å². The number of methoxy groups -OCH3 is 1. The molecule has 12 N–H and O–H groups in total. The van der Waals surface area contributed by atoms with Crippen molar-refractivity contribution in [1.29, 1.82) is 0 Å². The lowest BCUT2D eigenvalue weighted by atomic mass is 9.85. The maximum absolute atomic E-state index is 15.2. The first kappa shape index (κ1) is 71.4. The molecular weight excluding hydrogens is 1400 g/mol. The minimum atomic E-state index is -1.91. The largest absolute Gasteiger partial charge is 0.506 e. The SMILES string of the molecule is CO/C(C)=C1/NC(=O)[C@H]([C@@H](C)O)NC(=O)c2csc(n2)-c2cc(O)c(-c3nc(CNCC[C@H](O)[C@H](O)CO)cs3)nc2-c2csc(n2)[C@@H]2COC(=O)c3c4c5c(cccc5n3O)COC(=O)[C@@H](O[C@H]3C[C@](C)(O)[C@H](N(C)C)[C@H](C)O3)[C@@H](OC4)[C@H](NC(=O)c3csc1n3)c1nc(cs1)C(=O)N2. The molecule has 11 heterocycles. The topological polar surface area (TPSA) is 445 Å². The van der Waals surface area contributed by atoms with Crippen LogP contribution in [0.15, 0.2) is 56.9 Å². The summed E-state index contributed by atoms with van der Waals surface area (Å²) in [6.07, 6.45) is -9.87. The number of cyclic esters (lactones) is 2. The number of esters is 2. The van der Waals surface area contributed by atoms with Crippen molar-refractivity contribution in [2.75, 3.05) is 41.0 Å². The summed E-state index contributed by atoms with van der Waals surface area (Å²) in [6.45, 7) is 4.16. The fourth-order valence-electron chi connectivity index (χ4n) is 12.3. The zero-order chi connectivity index (χ0) is 71.2. The molecule has 12 atom stereocenters. The Hall–Kier alpha value is -8.38. The first-order chi connectivity index (χ1) is 47.8. The molecule has 12 bridgehead atoms. The predicted octanol–water partition coefficient (Wildman–Crippen LogP) is 3.36. The van der Waals surface area contributed by atoms with Gasteiger partial charge in [0.05, 0.1) is 61.5 Å². The Kier molecular flexibility index (Phi) is 21.2. The second kappa shape index (κ2) is 29.7. The molecule has 1 fully saturated rings. The molecule has 8 aromatic rings. The van der Waals surface area contributed by atoms with Gasteiger partial charge < -0.3 is 95.8 Å². The quantitative estimate of drug-likeness (QED) is 0.0341. The number of pyridine rings is 1. The van der Waals surface area contributed by atoms with Crippen LogP contribution in [-0.2, 0) is 57.8 Å². The molecule has 4 amide bonds. The number of benzene rings is 1. The highest BCUT2D eigenvalue weighted by molar-refractivity contribution is 7.14. The van der Waals surface area contributed by atoms with Crippen LogP contribution in [0.5, 0.6) is 5.75 Å². The number of rotatable bonds is 13. The molecule has 1 aromatic carbocycles. The second-order valence-corrected chi connectivity index (χ2v) is 28.8. The molecule has 0 saturated carbocycles. The van der Waals surface area contributed by atoms with Crippen molar-refractivity contribution in [3.05, 3.63) is 112 Å². The number of nitrogens with one attached hydrogen (secondary N) is 5. The van der Waals surface area contributed by atoms with E-state index in [4.69, 9.17) is 48.4 Å². The van der Waals surface area contributed by atoms with E-state index in [1.165, 1.54) is 49.2 Å². The monoisotopic (exact) mass is 1470 g/mol. The number of aliphatic hydroxyl groups is 5. The number of thiazole rings is 5. The summed E-state index contributed by atoms with van der Waals surface area (Å²) in [7, 11) is 4.86. The highest BCUT2D eigenvalue weighted by Gasteiger charge is 2.50. The third-order valence-electron chi connectivity index (χ3n) is 17.1. The highest BCUT2D eigenvalue weighted by atomic mass is 32.1. The van der Waals surface area contributed by atoms with Gasteiger partial charge in [0.15, 0.2) is 18.1 Å². The Labute approximate surface area is 588 Å². The van der Waals surface area contributed by atoms with Crippen LogP contribution < -0.4 is 26.6 Å². The molecule has 0 aliphatic carbocycles. The van der Waals surface area contributed by atoms with Gasteiger partial charge in [0.25, 0.3) is 17.7 Å². The van der Waals surface area contributed by atoms with E-state index in [-0.39, 0.29) is 124 Å². The number of ether oxygens (including phenoxy) is 6. The fourth-order valence-corrected chi connectivity index (χ4v) is 16.5. The molecule has 7 aromatic heterocycles. The molecule has 32 nitrogen and oxygen atoms in total. The third kappa shape index (κ3) is 14.6. The number of allylic oxidation sites excluding steroid dienone is 1. The van der Waals surface area contributed by atoms with E-state index in [1.807, 2.05) is 0 Å². The molecule has 37 heteroatoms. The van der Waals surface area contributed by atoms with E-state index >= 15 is 14.4 Å². The number of aliphatic hydroxyl groups excluding tert-OH is 4. The van der Waals surface area contributed by atoms with Crippen molar-refractivity contribution in [2.45, 2.75) is 133 Å². The Balaban J connectivity index is 1.02. The third-order valence-corrected chi connectivity index (χ3v) is 21.6. The lowest BCUT2D eigenvalue weighted by Gasteiger charge is -2.48. The van der Waals surface area contributed by atoms with Gasteiger partial charge in [-0.2, -0.15) is 4.73 Å². The Morgan fingerprint density at radius 3 is 2.24 bits per heavy atom. The smallest absolute Gasteiger partial charge is 0.358 e. The minimum absolute atomic E-state index is 0.00578. The molecule has 1 saturated heterocycles. The summed E-state index contributed by atoms with van der Waals surface area (Å²) < 4.78 is 38.3. The van der Waals surface area contributed by atoms with E-state index in [9.17, 15) is 50.2 Å². The van der Waals surface area contributed by atoms with Crippen molar-refractivity contribution < 1.29 is 93.0 Å². The van der Waals surface area contributed by atoms with Crippen LogP contribution in [0.25, 0.3) is 49.3 Å². The molecule has 0 spiro atoms. The summed E-state index contributed by atoms with van der Waals surface area (Å²) in [5.41, 5.74) is -1.56. The predicted molar refractivity (Wildman–Crippen MR) is 360 cm³/mol. The Morgan fingerprint density at radius 2 is 1.51 bits per heavy atom. The molecule has 12 rings (SSSR count). The second-order valence-electron chi connectivity index (χ2n) is 24.4. The van der Waals surface area contributed by atoms with Crippen molar-refractivity contribution in [1.82, 2.24) is 66.1 Å². The van der Waals surface area contributed by atoms with E-state index in [2.05, 4.69) is 36.6 Å². The molecule has 4 aliphatic rings. The van der Waals surface area contributed by atoms with Crippen LogP contribution in [0, 0.1) is 0 Å². The van der Waals surface area contributed by atoms with Gasteiger partial charge in [-0.1, -0.05) is 12.1 Å². The zero-order valence-corrected chi connectivity index (χ0v) is 58.4. The lowest BCUT2D eigenvalue weighted by Crippen LogP contribution is -2.62. The normalized spacial score (nSPS) is 24.6. The minimum Gasteiger partial charge on any atom is -0.506 e. The number of carbonyl (C=O) groups is 6. The summed E-state index contributed by atoms with van der Waals surface area (Å²) in [4.78, 5) is 120. The van der Waals surface area contributed by atoms with Gasteiger partial charge in [-0.25, -0.2) is 39.5 Å². The fraction of sp³-hybridized carbons (Fsp3) is 0.429. The lowest BCUT2D eigenvalue weighted by molar-refractivity contribution is -0.280. The Bertz CT molecular complexity index is 4460. The van der Waals surface area contributed by atoms with Gasteiger partial charge in [-0.05, 0) is 72.5 Å². The highest BCUT2D eigenvalue weighted by Crippen LogP contribution is 2.43. The average molecular weight is 1470 g/mol. The number of amides is 4. The summed E-state index contributed by atoms with van der Waals surface area (Å²) >= 11 is 4.84. The summed E-state index contributed by atoms with van der Waals surface area (Å²) in [6, 6.07) is 0.847. The van der Waals surface area contributed by atoms with Crippen LogP contribution >= 0.6 is 56.7 Å². The number of nitrogens with zero attached hydrogens (tertiary/aromatic N) is 8. The van der Waals surface area contributed by atoms with Gasteiger partial charge in [0.1, 0.15) is 120 Å². The van der Waals surface area contributed by atoms with Gasteiger partial charge in [0.2, 0.25) is 5.91 Å². The van der Waals surface area contributed by atoms with E-state index in [0.717, 1.165) is 56.7 Å². The average Bonchev–Trinajstić information content (AvgIpc) is 1.59. The number of aromatic hydroxyl groups is 1. The van der Waals surface area contributed by atoms with Crippen LogP contribution in [0.4, 0.5) is 0 Å². The van der Waals surface area contributed by atoms with E-state index in [1.54, 1.807) is 55.7 Å². The number of likely N-dealkylation sites (N-methyl/N-ethyl adjacent to an activating group) is 1. The van der Waals surface area contributed by atoms with Crippen molar-refractivity contribution >= 4 is 109 Å². The number of hydrogen-bond acceptors (Lipinski definition) is 32. The number of hydrogen-bond donors (Lipinski definition) is 12. The van der Waals surface area contributed by atoms with Gasteiger partial charge in [-0.3, -0.25) is 19.2 Å². The van der Waals surface area contributed by atoms with Crippen molar-refractivity contribution in [3.8, 4) is 38.4 Å². The first-order valence-electron chi connectivity index (χ1n) is 31.2. The van der Waals surface area contributed by atoms with Gasteiger partial charge >= 0.3 is 11.9 Å². The standard InChI is InChI=1S/C63H69N13O19S5/c1-25(78)43-55(85)73-44(26(2)90-7)58-69-36(24-99-58)54(84)74-47-49-50(95-41-14-63(4,88)51(75(5)6)27(3)94-41)62(87)92-17-28-9-8-10-37-42(28)31(18-91-49)48(76(37)89)61(86)93-19-32(66-52(82)34-23-100-60(47)70-34)57-67-33(21-98-57)45-30(56-68-35(22-97-56)53(83)72-43)13-39(80)46(71-45)59-65-29(20-96-59)15-64-12-11-38(79)40(81)16-77/h8-10,13,20-25,27,32,38,40-41,43,47,49-51,64,77-81,88-89H,11-12,14-19H2,1-7H3,(H,66,82)(H,72,83)(H,73,85)(H,74,84)/b44-26+/t25-,27+,32+,38+,40-,41+,43+,47+,49+,50+,51-,63+/m1/s1. The molecule has 530 valence electrons. The van der Waals surface area contributed by atoms with Crippen LogP contribution in [0.1, 0.15) is 126 Å². The van der Waals surface area contributed by atoms with Gasteiger partial charge in [0, 0.05) is 56.4 Å². The molecular formula is C63H69N13O19S5. The zero-order valence-electron chi connectivity index (χ0n) is 54.4.